The number of aliphatic carboxylic acids is 1. The maximum absolute atomic E-state index is 10.9. The molecule has 18 heavy (non-hydrogen) atoms. The highest BCUT2D eigenvalue weighted by Gasteiger charge is 2.14. The fourth-order valence-corrected chi connectivity index (χ4v) is 1.95. The Bertz CT molecular complexity index is 551. The number of benzene rings is 2. The second-order valence-corrected chi connectivity index (χ2v) is 4.39. The van der Waals surface area contributed by atoms with Crippen LogP contribution in [0.3, 0.4) is 0 Å². The molecule has 3 nitrogen and oxygen atoms in total. The summed E-state index contributed by atoms with van der Waals surface area (Å²) in [5.74, 6) is -1.08. The van der Waals surface area contributed by atoms with Gasteiger partial charge in [-0.3, -0.25) is 4.79 Å². The number of carbonyl (C=O) groups is 1. The van der Waals surface area contributed by atoms with Crippen LogP contribution in [0.25, 0.3) is 10.8 Å². The zero-order valence-electron chi connectivity index (χ0n) is 10.4. The van der Waals surface area contributed by atoms with E-state index >= 15 is 0 Å². The van der Waals surface area contributed by atoms with Crippen molar-refractivity contribution in [1.82, 2.24) is 0 Å². The molecule has 2 N–H and O–H groups in total. The van der Waals surface area contributed by atoms with Gasteiger partial charge in [-0.05, 0) is 29.3 Å². The van der Waals surface area contributed by atoms with Gasteiger partial charge in [0.15, 0.2) is 0 Å². The molecule has 2 aromatic rings. The highest BCUT2D eigenvalue weighted by atomic mass is 16.4. The van der Waals surface area contributed by atoms with Gasteiger partial charge in [0.05, 0.1) is 5.92 Å². The van der Waals surface area contributed by atoms with Crippen molar-refractivity contribution < 1.29 is 9.90 Å². The van der Waals surface area contributed by atoms with Crippen LogP contribution in [0.5, 0.6) is 0 Å². The van der Waals surface area contributed by atoms with Crippen molar-refractivity contribution in [2.75, 3.05) is 11.9 Å². The lowest BCUT2D eigenvalue weighted by Gasteiger charge is -2.12. The van der Waals surface area contributed by atoms with Gasteiger partial charge in [0.25, 0.3) is 0 Å². The van der Waals surface area contributed by atoms with E-state index in [1.807, 2.05) is 37.3 Å². The lowest BCUT2D eigenvalue weighted by Crippen LogP contribution is -2.21. The third-order valence-corrected chi connectivity index (χ3v) is 3.14. The van der Waals surface area contributed by atoms with Gasteiger partial charge in [0.1, 0.15) is 0 Å². The van der Waals surface area contributed by atoms with E-state index in [1.165, 1.54) is 5.39 Å². The van der Waals surface area contributed by atoms with Crippen molar-refractivity contribution in [3.05, 3.63) is 42.5 Å². The summed E-state index contributed by atoms with van der Waals surface area (Å²) in [6, 6.07) is 14.2. The van der Waals surface area contributed by atoms with E-state index in [0.717, 1.165) is 11.1 Å². The molecule has 3 heteroatoms. The molecule has 0 saturated carbocycles. The molecule has 0 aliphatic heterocycles. The van der Waals surface area contributed by atoms with Gasteiger partial charge in [0, 0.05) is 12.2 Å². The van der Waals surface area contributed by atoms with Crippen molar-refractivity contribution in [3.8, 4) is 0 Å². The lowest BCUT2D eigenvalue weighted by molar-refractivity contribution is -0.141. The van der Waals surface area contributed by atoms with Crippen LogP contribution in [0.2, 0.25) is 0 Å². The van der Waals surface area contributed by atoms with E-state index in [1.54, 1.807) is 0 Å². The van der Waals surface area contributed by atoms with Gasteiger partial charge in [-0.2, -0.15) is 0 Å². The molecule has 0 heterocycles. The second kappa shape index (κ2) is 5.54. The fourth-order valence-electron chi connectivity index (χ4n) is 1.95. The largest absolute Gasteiger partial charge is 0.481 e. The first-order valence-corrected chi connectivity index (χ1v) is 6.16. The summed E-state index contributed by atoms with van der Waals surface area (Å²) in [7, 11) is 0. The Labute approximate surface area is 106 Å². The highest BCUT2D eigenvalue weighted by Crippen LogP contribution is 2.19. The third-order valence-electron chi connectivity index (χ3n) is 3.14. The van der Waals surface area contributed by atoms with E-state index in [-0.39, 0.29) is 5.92 Å². The zero-order valence-corrected chi connectivity index (χ0v) is 10.4. The molecular weight excluding hydrogens is 226 g/mol. The van der Waals surface area contributed by atoms with E-state index in [2.05, 4.69) is 17.4 Å². The Hall–Kier alpha value is -2.03. The molecule has 2 rings (SSSR count). The molecule has 94 valence electrons. The number of carboxylic acid groups (broad SMARTS) is 1. The zero-order chi connectivity index (χ0) is 13.0. The smallest absolute Gasteiger partial charge is 0.308 e. The van der Waals surface area contributed by atoms with Crippen LogP contribution < -0.4 is 5.32 Å². The number of fused-ring (bicyclic) bond motifs is 1. The van der Waals surface area contributed by atoms with Gasteiger partial charge in [0.2, 0.25) is 0 Å². The Kier molecular flexibility index (Phi) is 3.82. The first kappa shape index (κ1) is 12.4. The van der Waals surface area contributed by atoms with Crippen LogP contribution in [-0.2, 0) is 4.79 Å². The number of anilines is 1. The molecule has 0 aliphatic carbocycles. The normalized spacial score (nSPS) is 12.3. The summed E-state index contributed by atoms with van der Waals surface area (Å²) >= 11 is 0. The Morgan fingerprint density at radius 3 is 2.61 bits per heavy atom. The maximum Gasteiger partial charge on any atom is 0.308 e. The molecular formula is C15H17NO2. The SMILES string of the molecule is CCC(CNc1ccc2ccccc2c1)C(=O)O. The van der Waals surface area contributed by atoms with Gasteiger partial charge < -0.3 is 10.4 Å². The number of hydrogen-bond donors (Lipinski definition) is 2. The standard InChI is InChI=1S/C15H17NO2/c1-2-11(15(17)18)10-16-14-8-7-12-5-3-4-6-13(12)9-14/h3-9,11,16H,2,10H2,1H3,(H,17,18). The Morgan fingerprint density at radius 1 is 1.22 bits per heavy atom. The lowest BCUT2D eigenvalue weighted by atomic mass is 10.1. The minimum absolute atomic E-state index is 0.337. The van der Waals surface area contributed by atoms with Crippen LogP contribution in [0.15, 0.2) is 42.5 Å². The van der Waals surface area contributed by atoms with Crippen molar-refractivity contribution in [1.29, 1.82) is 0 Å². The minimum atomic E-state index is -0.745. The van der Waals surface area contributed by atoms with Gasteiger partial charge in [-0.15, -0.1) is 0 Å². The number of hydrogen-bond acceptors (Lipinski definition) is 2. The number of nitrogens with one attached hydrogen (secondary N) is 1. The molecule has 1 atom stereocenters. The molecule has 0 amide bonds. The summed E-state index contributed by atoms with van der Waals surface area (Å²) < 4.78 is 0. The van der Waals surface area contributed by atoms with Gasteiger partial charge in [-0.1, -0.05) is 37.3 Å². The molecule has 0 fully saturated rings. The maximum atomic E-state index is 10.9. The van der Waals surface area contributed by atoms with E-state index in [9.17, 15) is 4.79 Å². The molecule has 0 radical (unpaired) electrons. The quantitative estimate of drug-likeness (QED) is 0.846. The molecule has 0 bridgehead atoms. The topological polar surface area (TPSA) is 49.3 Å². The van der Waals surface area contributed by atoms with E-state index in [0.29, 0.717) is 13.0 Å². The number of rotatable bonds is 5. The first-order chi connectivity index (χ1) is 8.70. The van der Waals surface area contributed by atoms with E-state index in [4.69, 9.17) is 5.11 Å². The van der Waals surface area contributed by atoms with Crippen molar-refractivity contribution in [2.24, 2.45) is 5.92 Å². The minimum Gasteiger partial charge on any atom is -0.481 e. The average molecular weight is 243 g/mol. The predicted octanol–water partition coefficient (Wildman–Crippen LogP) is 3.36. The summed E-state index contributed by atoms with van der Waals surface area (Å²) in [4.78, 5) is 10.9. The van der Waals surface area contributed by atoms with Crippen LogP contribution in [0.4, 0.5) is 5.69 Å². The second-order valence-electron chi connectivity index (χ2n) is 4.39. The highest BCUT2D eigenvalue weighted by molar-refractivity contribution is 5.85. The molecule has 0 aromatic heterocycles. The van der Waals surface area contributed by atoms with Gasteiger partial charge in [-0.25, -0.2) is 0 Å². The predicted molar refractivity (Wildman–Crippen MR) is 73.9 cm³/mol. The van der Waals surface area contributed by atoms with Crippen molar-refractivity contribution in [3.63, 3.8) is 0 Å². The summed E-state index contributed by atoms with van der Waals surface area (Å²) in [5.41, 5.74) is 0.966. The van der Waals surface area contributed by atoms with Crippen LogP contribution in [0, 0.1) is 5.92 Å². The molecule has 2 aromatic carbocycles. The van der Waals surface area contributed by atoms with Crippen LogP contribution in [0.1, 0.15) is 13.3 Å². The van der Waals surface area contributed by atoms with Crippen LogP contribution in [-0.4, -0.2) is 17.6 Å². The molecule has 0 saturated heterocycles. The third kappa shape index (κ3) is 2.80. The van der Waals surface area contributed by atoms with Gasteiger partial charge >= 0.3 is 5.97 Å². The fraction of sp³-hybridized carbons (Fsp3) is 0.267. The Morgan fingerprint density at radius 2 is 1.94 bits per heavy atom. The number of carboxylic acids is 1. The average Bonchev–Trinajstić information content (AvgIpc) is 2.39. The summed E-state index contributed by atoms with van der Waals surface area (Å²) in [5, 5.41) is 14.5. The molecule has 1 unspecified atom stereocenters. The van der Waals surface area contributed by atoms with E-state index < -0.39 is 5.97 Å². The Balaban J connectivity index is 2.10. The van der Waals surface area contributed by atoms with Crippen LogP contribution >= 0.6 is 0 Å². The molecule has 0 spiro atoms. The first-order valence-electron chi connectivity index (χ1n) is 6.16. The summed E-state index contributed by atoms with van der Waals surface area (Å²) in [6.45, 7) is 2.35. The van der Waals surface area contributed by atoms with Crippen molar-refractivity contribution in [2.45, 2.75) is 13.3 Å². The molecule has 0 aliphatic rings. The van der Waals surface area contributed by atoms with Crippen molar-refractivity contribution >= 4 is 22.4 Å². The monoisotopic (exact) mass is 243 g/mol. The summed E-state index contributed by atoms with van der Waals surface area (Å²) in [6.07, 6.45) is 0.635.